The summed E-state index contributed by atoms with van der Waals surface area (Å²) < 4.78 is 18.6. The van der Waals surface area contributed by atoms with Crippen LogP contribution in [-0.2, 0) is 0 Å². The first-order chi connectivity index (χ1) is 11.7. The topological polar surface area (TPSA) is 22.1 Å². The first kappa shape index (κ1) is 17.9. The number of pyridine rings is 1. The van der Waals surface area contributed by atoms with Gasteiger partial charge in [0.1, 0.15) is 12.4 Å². The molecule has 24 heavy (non-hydrogen) atoms. The highest BCUT2D eigenvalue weighted by atomic mass is 19.1. The molecule has 1 aromatic carbocycles. The van der Waals surface area contributed by atoms with Crippen molar-refractivity contribution in [1.82, 2.24) is 4.98 Å². The van der Waals surface area contributed by atoms with Crippen LogP contribution in [0, 0.1) is 0 Å². The minimum atomic E-state index is -0.726. The number of benzene rings is 1. The average molecular weight is 325 g/mol. The highest BCUT2D eigenvalue weighted by Gasteiger charge is 2.07. The first-order valence-corrected chi connectivity index (χ1v) is 8.29. The third-order valence-corrected chi connectivity index (χ3v) is 3.62. The van der Waals surface area contributed by atoms with Crippen LogP contribution in [0.1, 0.15) is 31.7 Å². The van der Waals surface area contributed by atoms with Crippen molar-refractivity contribution in [3.05, 3.63) is 67.0 Å². The van der Waals surface area contributed by atoms with E-state index in [-0.39, 0.29) is 0 Å². The van der Waals surface area contributed by atoms with E-state index in [1.807, 2.05) is 30.5 Å². The highest BCUT2D eigenvalue weighted by Crippen LogP contribution is 2.31. The molecule has 0 saturated carbocycles. The zero-order chi connectivity index (χ0) is 17.2. The van der Waals surface area contributed by atoms with Crippen LogP contribution < -0.4 is 4.74 Å². The largest absolute Gasteiger partial charge is 0.489 e. The van der Waals surface area contributed by atoms with Crippen molar-refractivity contribution in [3.8, 4) is 16.9 Å². The summed E-state index contributed by atoms with van der Waals surface area (Å²) in [5.74, 6) is 0.808. The fourth-order valence-electron chi connectivity index (χ4n) is 2.41. The van der Waals surface area contributed by atoms with Crippen LogP contribution in [0.5, 0.6) is 5.75 Å². The van der Waals surface area contributed by atoms with Gasteiger partial charge in [0.15, 0.2) is 0 Å². The Labute approximate surface area is 143 Å². The fraction of sp³-hybridized carbons (Fsp3) is 0.286. The molecule has 126 valence electrons. The van der Waals surface area contributed by atoms with Gasteiger partial charge in [-0.25, -0.2) is 4.39 Å². The molecular formula is C21H24FNO. The minimum absolute atomic E-state index is 0.453. The summed E-state index contributed by atoms with van der Waals surface area (Å²) in [5, 5.41) is 0. The lowest BCUT2D eigenvalue weighted by molar-refractivity contribution is 0.335. The van der Waals surface area contributed by atoms with Gasteiger partial charge in [-0.3, -0.25) is 4.98 Å². The second kappa shape index (κ2) is 9.66. The molecule has 2 nitrogen and oxygen atoms in total. The van der Waals surface area contributed by atoms with Crippen LogP contribution in [0.4, 0.5) is 4.39 Å². The Kier molecular flexibility index (Phi) is 7.21. The van der Waals surface area contributed by atoms with Gasteiger partial charge in [0.2, 0.25) is 0 Å². The van der Waals surface area contributed by atoms with Crippen molar-refractivity contribution in [1.29, 1.82) is 0 Å². The zero-order valence-electron chi connectivity index (χ0n) is 14.1. The monoisotopic (exact) mass is 325 g/mol. The quantitative estimate of drug-likeness (QED) is 0.426. The molecule has 0 amide bonds. The lowest BCUT2D eigenvalue weighted by Crippen LogP contribution is -1.96. The van der Waals surface area contributed by atoms with E-state index in [0.29, 0.717) is 13.0 Å². The van der Waals surface area contributed by atoms with E-state index in [0.717, 1.165) is 35.3 Å². The highest BCUT2D eigenvalue weighted by molar-refractivity contribution is 5.72. The van der Waals surface area contributed by atoms with Gasteiger partial charge < -0.3 is 4.74 Å². The number of rotatable bonds is 9. The SMILES string of the molecule is C=CCOc1cc(C=CCCCC(C)F)ccc1-c1cccnc1. The number of ether oxygens (including phenoxy) is 1. The van der Waals surface area contributed by atoms with Crippen LogP contribution in [0.2, 0.25) is 0 Å². The van der Waals surface area contributed by atoms with Crippen molar-refractivity contribution in [2.45, 2.75) is 32.4 Å². The molecule has 2 aromatic rings. The van der Waals surface area contributed by atoms with Crippen LogP contribution in [0.3, 0.4) is 0 Å². The number of hydrogen-bond donors (Lipinski definition) is 0. The number of hydrogen-bond acceptors (Lipinski definition) is 2. The van der Waals surface area contributed by atoms with Crippen LogP contribution in [0.15, 0.2) is 61.5 Å². The number of aromatic nitrogens is 1. The number of nitrogens with zero attached hydrogens (tertiary/aromatic N) is 1. The molecular weight excluding hydrogens is 301 g/mol. The second-order valence-corrected chi connectivity index (χ2v) is 5.71. The van der Waals surface area contributed by atoms with E-state index in [4.69, 9.17) is 4.74 Å². The second-order valence-electron chi connectivity index (χ2n) is 5.71. The van der Waals surface area contributed by atoms with Gasteiger partial charge in [-0.05, 0) is 43.9 Å². The maximum atomic E-state index is 12.8. The molecule has 0 saturated heterocycles. The molecule has 1 atom stereocenters. The van der Waals surface area contributed by atoms with Gasteiger partial charge in [0, 0.05) is 23.5 Å². The van der Waals surface area contributed by atoms with E-state index in [1.54, 1.807) is 19.2 Å². The minimum Gasteiger partial charge on any atom is -0.489 e. The Hall–Kier alpha value is -2.42. The lowest BCUT2D eigenvalue weighted by atomic mass is 10.0. The number of unbranched alkanes of at least 4 members (excludes halogenated alkanes) is 1. The Morgan fingerprint density at radius 1 is 1.33 bits per heavy atom. The Morgan fingerprint density at radius 2 is 2.21 bits per heavy atom. The average Bonchev–Trinajstić information content (AvgIpc) is 2.60. The number of alkyl halides is 1. The van der Waals surface area contributed by atoms with Gasteiger partial charge in [-0.1, -0.05) is 43.0 Å². The molecule has 2 rings (SSSR count). The van der Waals surface area contributed by atoms with E-state index in [9.17, 15) is 4.39 Å². The molecule has 1 unspecified atom stereocenters. The zero-order valence-corrected chi connectivity index (χ0v) is 14.1. The number of halogens is 1. The van der Waals surface area contributed by atoms with E-state index in [1.165, 1.54) is 0 Å². The summed E-state index contributed by atoms with van der Waals surface area (Å²) in [7, 11) is 0. The molecule has 0 aliphatic heterocycles. The van der Waals surface area contributed by atoms with Crippen molar-refractivity contribution in [2.75, 3.05) is 6.61 Å². The summed E-state index contributed by atoms with van der Waals surface area (Å²) in [6.07, 6.45) is 11.1. The Balaban J connectivity index is 2.14. The summed E-state index contributed by atoms with van der Waals surface area (Å²) in [6.45, 7) is 5.76. The lowest BCUT2D eigenvalue weighted by Gasteiger charge is -2.11. The third kappa shape index (κ3) is 5.65. The molecule has 0 radical (unpaired) electrons. The normalized spacial score (nSPS) is 12.2. The Morgan fingerprint density at radius 3 is 2.92 bits per heavy atom. The van der Waals surface area contributed by atoms with E-state index in [2.05, 4.69) is 29.8 Å². The van der Waals surface area contributed by atoms with Crippen molar-refractivity contribution in [2.24, 2.45) is 0 Å². The fourth-order valence-corrected chi connectivity index (χ4v) is 2.41. The van der Waals surface area contributed by atoms with Crippen molar-refractivity contribution in [3.63, 3.8) is 0 Å². The van der Waals surface area contributed by atoms with Gasteiger partial charge in [-0.2, -0.15) is 0 Å². The third-order valence-electron chi connectivity index (χ3n) is 3.62. The van der Waals surface area contributed by atoms with Crippen LogP contribution in [-0.4, -0.2) is 17.8 Å². The maximum Gasteiger partial charge on any atom is 0.128 e. The molecule has 0 fully saturated rings. The standard InChI is InChI=1S/C21H24FNO/c1-3-14-24-21-15-18(9-6-4-5-8-17(2)22)11-12-20(21)19-10-7-13-23-16-19/h3,6-7,9-13,15-17H,1,4-5,8,14H2,2H3. The van der Waals surface area contributed by atoms with E-state index < -0.39 is 6.17 Å². The molecule has 0 N–H and O–H groups in total. The molecule has 0 aliphatic rings. The molecule has 1 heterocycles. The summed E-state index contributed by atoms with van der Waals surface area (Å²) in [5.41, 5.74) is 3.09. The first-order valence-electron chi connectivity index (χ1n) is 8.29. The van der Waals surface area contributed by atoms with Gasteiger partial charge >= 0.3 is 0 Å². The van der Waals surface area contributed by atoms with Crippen molar-refractivity contribution >= 4 is 6.08 Å². The predicted octanol–water partition coefficient (Wildman–Crippen LogP) is 5.85. The smallest absolute Gasteiger partial charge is 0.128 e. The Bertz CT molecular complexity index is 665. The molecule has 1 aromatic heterocycles. The molecule has 0 aliphatic carbocycles. The van der Waals surface area contributed by atoms with Gasteiger partial charge in [-0.15, -0.1) is 0 Å². The summed E-state index contributed by atoms with van der Waals surface area (Å²) in [6, 6.07) is 10.0. The van der Waals surface area contributed by atoms with Crippen molar-refractivity contribution < 1.29 is 9.13 Å². The summed E-state index contributed by atoms with van der Waals surface area (Å²) in [4.78, 5) is 4.17. The molecule has 0 spiro atoms. The van der Waals surface area contributed by atoms with Crippen LogP contribution in [0.25, 0.3) is 17.2 Å². The molecule has 3 heteroatoms. The maximum absolute atomic E-state index is 12.8. The number of allylic oxidation sites excluding steroid dienone is 1. The summed E-state index contributed by atoms with van der Waals surface area (Å²) >= 11 is 0. The van der Waals surface area contributed by atoms with E-state index >= 15 is 0 Å². The predicted molar refractivity (Wildman–Crippen MR) is 98.8 cm³/mol. The van der Waals surface area contributed by atoms with Crippen LogP contribution >= 0.6 is 0 Å². The van der Waals surface area contributed by atoms with Gasteiger partial charge in [0.25, 0.3) is 0 Å². The molecule has 0 bridgehead atoms. The van der Waals surface area contributed by atoms with Gasteiger partial charge in [0.05, 0.1) is 6.17 Å².